The molecule has 2 aromatic heterocycles. The first-order valence-corrected chi connectivity index (χ1v) is 7.51. The van der Waals surface area contributed by atoms with Gasteiger partial charge >= 0.3 is 0 Å². The van der Waals surface area contributed by atoms with Crippen molar-refractivity contribution < 1.29 is 9.18 Å². The lowest BCUT2D eigenvalue weighted by atomic mass is 10.1. The van der Waals surface area contributed by atoms with Crippen LogP contribution in [0.1, 0.15) is 27.3 Å². The van der Waals surface area contributed by atoms with Gasteiger partial charge in [0.25, 0.3) is 0 Å². The number of carbonyl (C=O) groups excluding carboxylic acids is 1. The van der Waals surface area contributed by atoms with Crippen LogP contribution in [0.25, 0.3) is 11.8 Å². The Hall–Kier alpha value is -3.08. The molecule has 0 spiro atoms. The third kappa shape index (κ3) is 3.15. The Bertz CT molecular complexity index is 896. The number of aryl methyl sites for hydroxylation is 1. The minimum Gasteiger partial charge on any atom is -0.289 e. The fourth-order valence-corrected chi connectivity index (χ4v) is 2.49. The van der Waals surface area contributed by atoms with Crippen LogP contribution < -0.4 is 0 Å². The van der Waals surface area contributed by atoms with E-state index in [0.717, 1.165) is 22.6 Å². The van der Waals surface area contributed by atoms with Crippen molar-refractivity contribution in [3.63, 3.8) is 0 Å². The molecule has 0 aliphatic carbocycles. The third-order valence-electron chi connectivity index (χ3n) is 3.77. The Balaban J connectivity index is 1.91. The molecular weight excluding hydrogens is 305 g/mol. The molecule has 0 aliphatic rings. The van der Waals surface area contributed by atoms with Gasteiger partial charge in [-0.25, -0.2) is 9.07 Å². The molecule has 5 heteroatoms. The Morgan fingerprint density at radius 3 is 2.58 bits per heavy atom. The molecule has 0 bridgehead atoms. The molecule has 24 heavy (non-hydrogen) atoms. The number of aromatic nitrogens is 3. The zero-order valence-electron chi connectivity index (χ0n) is 13.4. The lowest BCUT2D eigenvalue weighted by Crippen LogP contribution is -1.99. The molecule has 0 saturated carbocycles. The van der Waals surface area contributed by atoms with Crippen molar-refractivity contribution in [3.8, 4) is 5.69 Å². The summed E-state index contributed by atoms with van der Waals surface area (Å²) in [6.07, 6.45) is 6.44. The van der Waals surface area contributed by atoms with Crippen LogP contribution >= 0.6 is 0 Å². The van der Waals surface area contributed by atoms with Crippen molar-refractivity contribution in [2.24, 2.45) is 0 Å². The normalized spacial score (nSPS) is 11.1. The van der Waals surface area contributed by atoms with E-state index in [0.29, 0.717) is 5.56 Å². The van der Waals surface area contributed by atoms with E-state index < -0.39 is 0 Å². The van der Waals surface area contributed by atoms with Gasteiger partial charge in [-0.2, -0.15) is 5.10 Å². The van der Waals surface area contributed by atoms with Gasteiger partial charge in [-0.3, -0.25) is 9.78 Å². The van der Waals surface area contributed by atoms with Gasteiger partial charge in [-0.05, 0) is 62.4 Å². The molecule has 2 heterocycles. The molecule has 0 unspecified atom stereocenters. The summed E-state index contributed by atoms with van der Waals surface area (Å²) >= 11 is 0. The van der Waals surface area contributed by atoms with Crippen molar-refractivity contribution in [3.05, 3.63) is 83.2 Å². The Labute approximate surface area is 139 Å². The van der Waals surface area contributed by atoms with Gasteiger partial charge in [0.05, 0.1) is 11.4 Å². The van der Waals surface area contributed by atoms with Crippen LogP contribution in [0.2, 0.25) is 0 Å². The molecule has 3 aromatic rings. The second-order valence-corrected chi connectivity index (χ2v) is 5.41. The van der Waals surface area contributed by atoms with Gasteiger partial charge in [-0.1, -0.05) is 0 Å². The van der Waals surface area contributed by atoms with Gasteiger partial charge in [0.2, 0.25) is 0 Å². The van der Waals surface area contributed by atoms with Crippen molar-refractivity contribution in [2.75, 3.05) is 0 Å². The fourth-order valence-electron chi connectivity index (χ4n) is 2.49. The highest BCUT2D eigenvalue weighted by atomic mass is 19.1. The van der Waals surface area contributed by atoms with E-state index in [9.17, 15) is 9.18 Å². The van der Waals surface area contributed by atoms with Crippen LogP contribution in [0.5, 0.6) is 0 Å². The van der Waals surface area contributed by atoms with Crippen LogP contribution in [-0.2, 0) is 0 Å². The van der Waals surface area contributed by atoms with Crippen molar-refractivity contribution in [2.45, 2.75) is 13.8 Å². The van der Waals surface area contributed by atoms with E-state index in [4.69, 9.17) is 0 Å². The van der Waals surface area contributed by atoms with Gasteiger partial charge in [0, 0.05) is 29.2 Å². The van der Waals surface area contributed by atoms with E-state index in [1.54, 1.807) is 41.2 Å². The lowest BCUT2D eigenvalue weighted by Gasteiger charge is -2.04. The summed E-state index contributed by atoms with van der Waals surface area (Å²) in [5.41, 5.74) is 3.86. The number of rotatable bonds is 4. The Morgan fingerprint density at radius 1 is 1.17 bits per heavy atom. The quantitative estimate of drug-likeness (QED) is 0.540. The summed E-state index contributed by atoms with van der Waals surface area (Å²) < 4.78 is 14.8. The maximum Gasteiger partial charge on any atom is 0.187 e. The summed E-state index contributed by atoms with van der Waals surface area (Å²) in [6.45, 7) is 3.79. The molecule has 120 valence electrons. The number of allylic oxidation sites excluding steroid dienone is 1. The number of nitrogens with zero attached hydrogens (tertiary/aromatic N) is 3. The number of pyridine rings is 1. The smallest absolute Gasteiger partial charge is 0.187 e. The molecule has 1 aromatic carbocycles. The first kappa shape index (κ1) is 15.8. The Morgan fingerprint density at radius 2 is 1.92 bits per heavy atom. The Kier molecular flexibility index (Phi) is 4.33. The minimum absolute atomic E-state index is 0.114. The summed E-state index contributed by atoms with van der Waals surface area (Å²) in [4.78, 5) is 16.1. The minimum atomic E-state index is -0.289. The predicted octanol–water partition coefficient (Wildman–Crippen LogP) is 3.92. The third-order valence-corrected chi connectivity index (χ3v) is 3.77. The molecule has 0 amide bonds. The predicted molar refractivity (Wildman–Crippen MR) is 90.6 cm³/mol. The average Bonchev–Trinajstić information content (AvgIpc) is 2.88. The molecule has 0 N–H and O–H groups in total. The molecular formula is C19H16FN3O. The zero-order chi connectivity index (χ0) is 17.1. The standard InChI is InChI=1S/C19H16FN3O/c1-13-18(9-10-19(24)15-4-3-11-21-12-15)14(2)23(22-13)17-7-5-16(20)6-8-17/h3-12H,1-2H3/b10-9+. The average molecular weight is 321 g/mol. The maximum absolute atomic E-state index is 13.1. The first-order valence-electron chi connectivity index (χ1n) is 7.51. The number of hydrogen-bond donors (Lipinski definition) is 0. The van der Waals surface area contributed by atoms with E-state index in [1.165, 1.54) is 24.4 Å². The second kappa shape index (κ2) is 6.58. The van der Waals surface area contributed by atoms with Crippen LogP contribution in [0, 0.1) is 19.7 Å². The summed E-state index contributed by atoms with van der Waals surface area (Å²) in [7, 11) is 0. The molecule has 0 saturated heterocycles. The molecule has 0 aliphatic heterocycles. The highest BCUT2D eigenvalue weighted by molar-refractivity contribution is 6.06. The van der Waals surface area contributed by atoms with Gasteiger partial charge in [0.1, 0.15) is 5.82 Å². The van der Waals surface area contributed by atoms with Gasteiger partial charge in [0.15, 0.2) is 5.78 Å². The van der Waals surface area contributed by atoms with Crippen molar-refractivity contribution in [1.29, 1.82) is 0 Å². The number of halogens is 1. The first-order chi connectivity index (χ1) is 11.6. The van der Waals surface area contributed by atoms with E-state index in [2.05, 4.69) is 10.1 Å². The maximum atomic E-state index is 13.1. The fraction of sp³-hybridized carbons (Fsp3) is 0.105. The zero-order valence-corrected chi connectivity index (χ0v) is 13.4. The van der Waals surface area contributed by atoms with Gasteiger partial charge in [-0.15, -0.1) is 0 Å². The van der Waals surface area contributed by atoms with Crippen LogP contribution in [-0.4, -0.2) is 20.5 Å². The number of carbonyl (C=O) groups is 1. The number of ketones is 1. The molecule has 0 atom stereocenters. The number of hydrogen-bond acceptors (Lipinski definition) is 3. The second-order valence-electron chi connectivity index (χ2n) is 5.41. The largest absolute Gasteiger partial charge is 0.289 e. The summed E-state index contributed by atoms with van der Waals surface area (Å²) in [5.74, 6) is -0.404. The van der Waals surface area contributed by atoms with Crippen LogP contribution in [0.15, 0.2) is 54.9 Å². The molecule has 0 fully saturated rings. The summed E-state index contributed by atoms with van der Waals surface area (Å²) in [6, 6.07) is 9.58. The highest BCUT2D eigenvalue weighted by Gasteiger charge is 2.11. The molecule has 3 rings (SSSR count). The lowest BCUT2D eigenvalue weighted by molar-refractivity contribution is 0.104. The van der Waals surface area contributed by atoms with Crippen molar-refractivity contribution >= 4 is 11.9 Å². The van der Waals surface area contributed by atoms with Crippen molar-refractivity contribution in [1.82, 2.24) is 14.8 Å². The van der Waals surface area contributed by atoms with Gasteiger partial charge < -0.3 is 0 Å². The number of benzene rings is 1. The van der Waals surface area contributed by atoms with Crippen LogP contribution in [0.4, 0.5) is 4.39 Å². The molecule has 4 nitrogen and oxygen atoms in total. The van der Waals surface area contributed by atoms with Crippen LogP contribution in [0.3, 0.4) is 0 Å². The summed E-state index contributed by atoms with van der Waals surface area (Å²) in [5, 5.41) is 4.48. The van der Waals surface area contributed by atoms with E-state index in [-0.39, 0.29) is 11.6 Å². The topological polar surface area (TPSA) is 47.8 Å². The molecule has 0 radical (unpaired) electrons. The van der Waals surface area contributed by atoms with E-state index in [1.807, 2.05) is 13.8 Å². The SMILES string of the molecule is Cc1nn(-c2ccc(F)cc2)c(C)c1/C=C/C(=O)c1cccnc1. The highest BCUT2D eigenvalue weighted by Crippen LogP contribution is 2.19. The van der Waals surface area contributed by atoms with E-state index >= 15 is 0 Å². The monoisotopic (exact) mass is 321 g/mol.